The number of nitrogens with two attached hydrogens (primary N) is 1. The maximum atomic E-state index is 12.3. The Morgan fingerprint density at radius 3 is 2.68 bits per heavy atom. The number of aromatic nitrogens is 1. The lowest BCUT2D eigenvalue weighted by molar-refractivity contribution is -0.126. The summed E-state index contributed by atoms with van der Waals surface area (Å²) in [6.45, 7) is 4.39. The Kier molecular flexibility index (Phi) is 5.69. The van der Waals surface area contributed by atoms with Crippen molar-refractivity contribution in [1.29, 1.82) is 0 Å². The van der Waals surface area contributed by atoms with Crippen molar-refractivity contribution in [3.05, 3.63) is 52.0 Å². The van der Waals surface area contributed by atoms with Crippen molar-refractivity contribution >= 4 is 17.2 Å². The zero-order chi connectivity index (χ0) is 16.0. The summed E-state index contributed by atoms with van der Waals surface area (Å²) < 4.78 is 0. The van der Waals surface area contributed by atoms with E-state index in [1.54, 1.807) is 18.3 Å². The van der Waals surface area contributed by atoms with Crippen molar-refractivity contribution < 1.29 is 4.79 Å². The number of hydrogen-bond donors (Lipinski definition) is 2. The first-order valence-corrected chi connectivity index (χ1v) is 8.42. The lowest BCUT2D eigenvalue weighted by Crippen LogP contribution is -2.49. The van der Waals surface area contributed by atoms with Crippen LogP contribution in [0.5, 0.6) is 0 Å². The summed E-state index contributed by atoms with van der Waals surface area (Å²) in [5.74, 6) is -0.135. The number of rotatable bonds is 7. The van der Waals surface area contributed by atoms with Crippen LogP contribution in [0.4, 0.5) is 0 Å². The van der Waals surface area contributed by atoms with Crippen LogP contribution in [0.2, 0.25) is 0 Å². The molecule has 1 aromatic carbocycles. The molecule has 118 valence electrons. The van der Waals surface area contributed by atoms with E-state index in [-0.39, 0.29) is 5.91 Å². The molecule has 2 aromatic rings. The molecule has 1 atom stereocenters. The van der Waals surface area contributed by atoms with E-state index in [0.717, 1.165) is 35.5 Å². The fourth-order valence-electron chi connectivity index (χ4n) is 2.22. The number of benzene rings is 1. The average molecular weight is 317 g/mol. The number of thiazole rings is 1. The van der Waals surface area contributed by atoms with Crippen LogP contribution in [-0.4, -0.2) is 17.4 Å². The maximum absolute atomic E-state index is 12.3. The number of nitrogens with one attached hydrogen (secondary N) is 1. The smallest absolute Gasteiger partial charge is 0.244 e. The van der Waals surface area contributed by atoms with Gasteiger partial charge in [0.25, 0.3) is 0 Å². The Balaban J connectivity index is 1.73. The zero-order valence-corrected chi connectivity index (χ0v) is 14.0. The van der Waals surface area contributed by atoms with Gasteiger partial charge in [-0.2, -0.15) is 0 Å². The molecule has 1 aromatic heterocycles. The molecule has 3 N–H and O–H groups in total. The normalized spacial score (nSPS) is 13.6. The van der Waals surface area contributed by atoms with Gasteiger partial charge >= 0.3 is 0 Å². The number of carbonyl (C=O) groups excluding carboxylic acids is 1. The SMILES string of the molecule is Cc1csc(CCCCNC(=O)C(C)(N)c2ccccc2)n1. The van der Waals surface area contributed by atoms with E-state index in [2.05, 4.69) is 15.7 Å². The predicted octanol–water partition coefficient (Wildman–Crippen LogP) is 2.76. The van der Waals surface area contributed by atoms with Crippen LogP contribution in [0.25, 0.3) is 0 Å². The van der Waals surface area contributed by atoms with Crippen molar-refractivity contribution in [2.24, 2.45) is 5.73 Å². The molecular weight excluding hydrogens is 294 g/mol. The summed E-state index contributed by atoms with van der Waals surface area (Å²) in [6, 6.07) is 9.46. The third-order valence-corrected chi connectivity index (χ3v) is 4.64. The molecule has 5 heteroatoms. The molecule has 22 heavy (non-hydrogen) atoms. The van der Waals surface area contributed by atoms with Crippen LogP contribution < -0.4 is 11.1 Å². The number of amides is 1. The Morgan fingerprint density at radius 1 is 1.32 bits per heavy atom. The molecule has 0 aliphatic heterocycles. The van der Waals surface area contributed by atoms with E-state index in [1.807, 2.05) is 37.3 Å². The van der Waals surface area contributed by atoms with Crippen molar-refractivity contribution in [1.82, 2.24) is 10.3 Å². The minimum absolute atomic E-state index is 0.135. The second-order valence-corrected chi connectivity index (χ2v) is 6.61. The van der Waals surface area contributed by atoms with Gasteiger partial charge in [0.1, 0.15) is 5.54 Å². The number of hydrogen-bond acceptors (Lipinski definition) is 4. The van der Waals surface area contributed by atoms with Gasteiger partial charge in [-0.3, -0.25) is 4.79 Å². The summed E-state index contributed by atoms with van der Waals surface area (Å²) in [5, 5.41) is 6.16. The molecule has 1 heterocycles. The fraction of sp³-hybridized carbons (Fsp3) is 0.412. The van der Waals surface area contributed by atoms with E-state index in [9.17, 15) is 4.79 Å². The molecular formula is C17H23N3OS. The first-order valence-electron chi connectivity index (χ1n) is 7.54. The van der Waals surface area contributed by atoms with Gasteiger partial charge in [-0.05, 0) is 38.7 Å². The van der Waals surface area contributed by atoms with Crippen molar-refractivity contribution in [2.45, 2.75) is 38.6 Å². The molecule has 0 aliphatic carbocycles. The van der Waals surface area contributed by atoms with Crippen LogP contribution in [0.3, 0.4) is 0 Å². The zero-order valence-electron chi connectivity index (χ0n) is 13.1. The van der Waals surface area contributed by atoms with Crippen LogP contribution in [0.15, 0.2) is 35.7 Å². The Hall–Kier alpha value is -1.72. The van der Waals surface area contributed by atoms with Gasteiger partial charge in [-0.25, -0.2) is 4.98 Å². The molecule has 0 saturated carbocycles. The Labute approximate surface area is 135 Å². The largest absolute Gasteiger partial charge is 0.354 e. The fourth-order valence-corrected chi connectivity index (χ4v) is 3.04. The van der Waals surface area contributed by atoms with Gasteiger partial charge in [0.2, 0.25) is 5.91 Å². The first kappa shape index (κ1) is 16.6. The molecule has 1 unspecified atom stereocenters. The highest BCUT2D eigenvalue weighted by Gasteiger charge is 2.29. The summed E-state index contributed by atoms with van der Waals surface area (Å²) in [6.07, 6.45) is 2.90. The van der Waals surface area contributed by atoms with Gasteiger partial charge < -0.3 is 11.1 Å². The van der Waals surface area contributed by atoms with Crippen molar-refractivity contribution in [2.75, 3.05) is 6.54 Å². The van der Waals surface area contributed by atoms with Crippen molar-refractivity contribution in [3.63, 3.8) is 0 Å². The third-order valence-electron chi connectivity index (χ3n) is 3.61. The lowest BCUT2D eigenvalue weighted by Gasteiger charge is -2.24. The maximum Gasteiger partial charge on any atom is 0.244 e. The number of unbranched alkanes of at least 4 members (excludes halogenated alkanes) is 1. The second kappa shape index (κ2) is 7.51. The molecule has 0 radical (unpaired) electrons. The summed E-state index contributed by atoms with van der Waals surface area (Å²) in [7, 11) is 0. The summed E-state index contributed by atoms with van der Waals surface area (Å²) in [5.41, 5.74) is 7.08. The minimum atomic E-state index is -0.992. The third kappa shape index (κ3) is 4.39. The van der Waals surface area contributed by atoms with Crippen molar-refractivity contribution in [3.8, 4) is 0 Å². The van der Waals surface area contributed by atoms with E-state index >= 15 is 0 Å². The Morgan fingerprint density at radius 2 is 2.05 bits per heavy atom. The van der Waals surface area contributed by atoms with Crippen LogP contribution in [0, 0.1) is 6.92 Å². The van der Waals surface area contributed by atoms with E-state index < -0.39 is 5.54 Å². The molecule has 0 bridgehead atoms. The molecule has 0 fully saturated rings. The highest BCUT2D eigenvalue weighted by atomic mass is 32.1. The predicted molar refractivity (Wildman–Crippen MR) is 90.8 cm³/mol. The van der Waals surface area contributed by atoms with Gasteiger partial charge in [0.05, 0.1) is 5.01 Å². The highest BCUT2D eigenvalue weighted by molar-refractivity contribution is 7.09. The van der Waals surface area contributed by atoms with Gasteiger partial charge in [0, 0.05) is 17.6 Å². The van der Waals surface area contributed by atoms with E-state index in [0.29, 0.717) is 6.54 Å². The second-order valence-electron chi connectivity index (χ2n) is 5.66. The summed E-state index contributed by atoms with van der Waals surface area (Å²) in [4.78, 5) is 16.7. The molecule has 1 amide bonds. The highest BCUT2D eigenvalue weighted by Crippen LogP contribution is 2.17. The molecule has 4 nitrogen and oxygen atoms in total. The van der Waals surface area contributed by atoms with E-state index in [1.165, 1.54) is 0 Å². The first-order chi connectivity index (χ1) is 10.5. The van der Waals surface area contributed by atoms with Crippen LogP contribution >= 0.6 is 11.3 Å². The average Bonchev–Trinajstić information content (AvgIpc) is 2.93. The topological polar surface area (TPSA) is 68.0 Å². The molecule has 0 spiro atoms. The monoisotopic (exact) mass is 317 g/mol. The minimum Gasteiger partial charge on any atom is -0.354 e. The lowest BCUT2D eigenvalue weighted by atomic mass is 9.92. The van der Waals surface area contributed by atoms with E-state index in [4.69, 9.17) is 5.73 Å². The van der Waals surface area contributed by atoms with Gasteiger partial charge in [0.15, 0.2) is 0 Å². The molecule has 0 saturated heterocycles. The number of carbonyl (C=O) groups is 1. The van der Waals surface area contributed by atoms with Crippen LogP contribution in [-0.2, 0) is 16.8 Å². The number of nitrogens with zero attached hydrogens (tertiary/aromatic N) is 1. The number of aryl methyl sites for hydroxylation is 2. The molecule has 2 rings (SSSR count). The molecule has 0 aliphatic rings. The summed E-state index contributed by atoms with van der Waals surface area (Å²) >= 11 is 1.70. The van der Waals surface area contributed by atoms with Crippen LogP contribution in [0.1, 0.15) is 36.0 Å². The standard InChI is InChI=1S/C17H23N3OS/c1-13-12-22-15(20-13)10-6-7-11-19-16(21)17(2,18)14-8-4-3-5-9-14/h3-5,8-9,12H,6-7,10-11,18H2,1-2H3,(H,19,21). The Bertz CT molecular complexity index is 607. The quantitative estimate of drug-likeness (QED) is 0.772. The van der Waals surface area contributed by atoms with Gasteiger partial charge in [-0.1, -0.05) is 30.3 Å². The van der Waals surface area contributed by atoms with Gasteiger partial charge in [-0.15, -0.1) is 11.3 Å².